The molecule has 3 aromatic rings. The van der Waals surface area contributed by atoms with E-state index in [9.17, 15) is 4.79 Å². The van der Waals surface area contributed by atoms with Gasteiger partial charge in [0.05, 0.1) is 36.0 Å². The van der Waals surface area contributed by atoms with E-state index in [-0.39, 0.29) is 5.91 Å². The largest absolute Gasteiger partial charge is 0.497 e. The number of fused-ring (bicyclic) bond motifs is 1. The van der Waals surface area contributed by atoms with E-state index in [0.717, 1.165) is 41.2 Å². The number of methoxy groups -OCH3 is 2. The summed E-state index contributed by atoms with van der Waals surface area (Å²) in [7, 11) is 3.30. The smallest absolute Gasteiger partial charge is 0.255 e. The van der Waals surface area contributed by atoms with Gasteiger partial charge in [-0.25, -0.2) is 0 Å². The molecule has 0 aliphatic carbocycles. The third kappa shape index (κ3) is 4.71. The number of nitrogens with zero attached hydrogens (tertiary/aromatic N) is 3. The van der Waals surface area contributed by atoms with Gasteiger partial charge in [-0.2, -0.15) is 0 Å². The van der Waals surface area contributed by atoms with Crippen LogP contribution in [0.3, 0.4) is 0 Å². The topological polar surface area (TPSA) is 54.9 Å². The summed E-state index contributed by atoms with van der Waals surface area (Å²) >= 11 is 12.1. The fourth-order valence-corrected chi connectivity index (χ4v) is 4.26. The zero-order valence-electron chi connectivity index (χ0n) is 17.4. The van der Waals surface area contributed by atoms with Gasteiger partial charge in [-0.1, -0.05) is 23.2 Å². The third-order valence-electron chi connectivity index (χ3n) is 5.46. The van der Waals surface area contributed by atoms with E-state index in [1.165, 1.54) is 0 Å². The number of carbonyl (C=O) groups is 1. The fourth-order valence-electron chi connectivity index (χ4n) is 3.77. The van der Waals surface area contributed by atoms with Crippen molar-refractivity contribution in [2.45, 2.75) is 6.54 Å². The van der Waals surface area contributed by atoms with Gasteiger partial charge in [-0.3, -0.25) is 14.7 Å². The maximum atomic E-state index is 12.8. The Balaban J connectivity index is 1.44. The molecule has 0 radical (unpaired) electrons. The number of benzene rings is 2. The Morgan fingerprint density at radius 3 is 2.45 bits per heavy atom. The van der Waals surface area contributed by atoms with Crippen molar-refractivity contribution in [3.05, 3.63) is 63.8 Å². The first-order valence-corrected chi connectivity index (χ1v) is 10.7. The van der Waals surface area contributed by atoms with Crippen LogP contribution in [0.4, 0.5) is 0 Å². The van der Waals surface area contributed by atoms with E-state index < -0.39 is 0 Å². The number of rotatable bonds is 5. The maximum absolute atomic E-state index is 12.8. The van der Waals surface area contributed by atoms with Crippen LogP contribution in [0, 0.1) is 0 Å². The van der Waals surface area contributed by atoms with Crippen molar-refractivity contribution >= 4 is 40.0 Å². The van der Waals surface area contributed by atoms with Crippen molar-refractivity contribution in [3.63, 3.8) is 0 Å². The van der Waals surface area contributed by atoms with Crippen LogP contribution in [-0.2, 0) is 6.54 Å². The molecule has 1 aliphatic heterocycles. The number of ether oxygens (including phenoxy) is 2. The summed E-state index contributed by atoms with van der Waals surface area (Å²) in [5.41, 5.74) is 2.27. The van der Waals surface area contributed by atoms with Crippen molar-refractivity contribution in [3.8, 4) is 11.5 Å². The molecule has 1 saturated heterocycles. The van der Waals surface area contributed by atoms with Crippen molar-refractivity contribution in [2.75, 3.05) is 40.4 Å². The molecular formula is C23H23Cl2N3O3. The summed E-state index contributed by atoms with van der Waals surface area (Å²) in [6, 6.07) is 12.7. The number of carbonyl (C=O) groups excluding carboxylic acids is 1. The minimum Gasteiger partial charge on any atom is -0.497 e. The van der Waals surface area contributed by atoms with Crippen LogP contribution in [-0.4, -0.2) is 61.1 Å². The van der Waals surface area contributed by atoms with Crippen LogP contribution >= 0.6 is 23.2 Å². The molecule has 1 aliphatic rings. The Bertz CT molecular complexity index is 1110. The minimum atomic E-state index is -0.0687. The van der Waals surface area contributed by atoms with Gasteiger partial charge in [0.2, 0.25) is 0 Å². The average Bonchev–Trinajstić information content (AvgIpc) is 2.78. The third-order valence-corrected chi connectivity index (χ3v) is 6.01. The Morgan fingerprint density at radius 1 is 1.00 bits per heavy atom. The molecule has 1 fully saturated rings. The quantitative estimate of drug-likeness (QED) is 0.561. The molecular weight excluding hydrogens is 437 g/mol. The highest BCUT2D eigenvalue weighted by atomic mass is 35.5. The summed E-state index contributed by atoms with van der Waals surface area (Å²) in [6.07, 6.45) is 0. The van der Waals surface area contributed by atoms with E-state index in [2.05, 4.69) is 4.90 Å². The SMILES string of the molecule is COc1ccc2nc(CN3CCN(C(=O)c4ccc(Cl)cc4Cl)CC3)cc(OC)c2c1. The van der Waals surface area contributed by atoms with Gasteiger partial charge >= 0.3 is 0 Å². The summed E-state index contributed by atoms with van der Waals surface area (Å²) < 4.78 is 10.9. The number of hydrogen-bond donors (Lipinski definition) is 0. The molecule has 0 N–H and O–H groups in total. The average molecular weight is 460 g/mol. The van der Waals surface area contributed by atoms with E-state index >= 15 is 0 Å². The molecule has 0 unspecified atom stereocenters. The molecule has 8 heteroatoms. The van der Waals surface area contributed by atoms with Crippen molar-refractivity contribution < 1.29 is 14.3 Å². The first-order chi connectivity index (χ1) is 15.0. The van der Waals surface area contributed by atoms with Gasteiger partial charge < -0.3 is 14.4 Å². The highest BCUT2D eigenvalue weighted by Gasteiger charge is 2.24. The monoisotopic (exact) mass is 459 g/mol. The maximum Gasteiger partial charge on any atom is 0.255 e. The highest BCUT2D eigenvalue weighted by molar-refractivity contribution is 6.36. The zero-order valence-corrected chi connectivity index (χ0v) is 18.9. The Labute approximate surface area is 191 Å². The summed E-state index contributed by atoms with van der Waals surface area (Å²) in [6.45, 7) is 3.44. The number of amides is 1. The predicted octanol–water partition coefficient (Wildman–Crippen LogP) is 4.52. The molecule has 1 aromatic heterocycles. The summed E-state index contributed by atoms with van der Waals surface area (Å²) in [4.78, 5) is 21.7. The van der Waals surface area contributed by atoms with E-state index in [0.29, 0.717) is 35.2 Å². The molecule has 0 spiro atoms. The first-order valence-electron chi connectivity index (χ1n) is 9.97. The van der Waals surface area contributed by atoms with E-state index in [1.807, 2.05) is 29.2 Å². The van der Waals surface area contributed by atoms with Crippen LogP contribution in [0.5, 0.6) is 11.5 Å². The van der Waals surface area contributed by atoms with Crippen LogP contribution in [0.15, 0.2) is 42.5 Å². The van der Waals surface area contributed by atoms with Crippen LogP contribution < -0.4 is 9.47 Å². The van der Waals surface area contributed by atoms with Crippen molar-refractivity contribution in [2.24, 2.45) is 0 Å². The first kappa shape index (κ1) is 21.7. The molecule has 31 heavy (non-hydrogen) atoms. The zero-order chi connectivity index (χ0) is 22.0. The van der Waals surface area contributed by atoms with Gasteiger partial charge in [-0.05, 0) is 36.4 Å². The van der Waals surface area contributed by atoms with Crippen LogP contribution in [0.2, 0.25) is 10.0 Å². The van der Waals surface area contributed by atoms with Crippen LogP contribution in [0.25, 0.3) is 10.9 Å². The molecule has 0 atom stereocenters. The Kier molecular flexibility index (Phi) is 6.51. The van der Waals surface area contributed by atoms with Gasteiger partial charge in [-0.15, -0.1) is 0 Å². The minimum absolute atomic E-state index is 0.0687. The molecule has 162 valence electrons. The molecule has 2 aromatic carbocycles. The lowest BCUT2D eigenvalue weighted by molar-refractivity contribution is 0.0627. The van der Waals surface area contributed by atoms with E-state index in [4.69, 9.17) is 37.7 Å². The number of halogens is 2. The standard InChI is InChI=1S/C23H23Cl2N3O3/c1-30-17-4-6-21-19(13-17)22(31-2)12-16(26-21)14-27-7-9-28(10-8-27)23(29)18-5-3-15(24)11-20(18)25/h3-6,11-13H,7-10,14H2,1-2H3. The number of hydrogen-bond acceptors (Lipinski definition) is 5. The molecule has 0 bridgehead atoms. The summed E-state index contributed by atoms with van der Waals surface area (Å²) in [5.74, 6) is 1.47. The lowest BCUT2D eigenvalue weighted by atomic mass is 10.1. The van der Waals surface area contributed by atoms with E-state index in [1.54, 1.807) is 32.4 Å². The molecule has 4 rings (SSSR count). The second kappa shape index (κ2) is 9.30. The summed E-state index contributed by atoms with van der Waals surface area (Å²) in [5, 5.41) is 1.81. The Morgan fingerprint density at radius 2 is 1.77 bits per heavy atom. The molecule has 2 heterocycles. The predicted molar refractivity (Wildman–Crippen MR) is 122 cm³/mol. The van der Waals surface area contributed by atoms with Gasteiger partial charge in [0.15, 0.2) is 0 Å². The number of aromatic nitrogens is 1. The van der Waals surface area contributed by atoms with Crippen LogP contribution in [0.1, 0.15) is 16.1 Å². The van der Waals surface area contributed by atoms with Gasteiger partial charge in [0.1, 0.15) is 11.5 Å². The lowest BCUT2D eigenvalue weighted by Crippen LogP contribution is -2.48. The normalized spacial score (nSPS) is 14.6. The molecule has 1 amide bonds. The fraction of sp³-hybridized carbons (Fsp3) is 0.304. The number of pyridine rings is 1. The lowest BCUT2D eigenvalue weighted by Gasteiger charge is -2.34. The van der Waals surface area contributed by atoms with Gasteiger partial charge in [0.25, 0.3) is 5.91 Å². The molecule has 0 saturated carbocycles. The highest BCUT2D eigenvalue weighted by Crippen LogP contribution is 2.29. The van der Waals surface area contributed by atoms with Gasteiger partial charge in [0, 0.05) is 49.2 Å². The van der Waals surface area contributed by atoms with Crippen molar-refractivity contribution in [1.29, 1.82) is 0 Å². The number of piperazine rings is 1. The molecule has 6 nitrogen and oxygen atoms in total. The second-order valence-corrected chi connectivity index (χ2v) is 8.24. The Hall–Kier alpha value is -2.54. The second-order valence-electron chi connectivity index (χ2n) is 7.39. The van der Waals surface area contributed by atoms with Crippen molar-refractivity contribution in [1.82, 2.24) is 14.8 Å².